The molecule has 0 saturated heterocycles. The maximum absolute atomic E-state index is 9.36. The minimum atomic E-state index is 0.0734. The van der Waals surface area contributed by atoms with Crippen molar-refractivity contribution in [3.8, 4) is 0 Å². The van der Waals surface area contributed by atoms with Crippen LogP contribution >= 0.6 is 0 Å². The molecule has 0 aliphatic rings. The topological polar surface area (TPSA) is 34.4 Å². The van der Waals surface area contributed by atoms with E-state index in [1.165, 1.54) is 19.3 Å². The number of nitrogens with zero attached hydrogens (tertiary/aromatic N) is 1. The molecule has 19 heavy (non-hydrogen) atoms. The second-order valence-electron chi connectivity index (χ2n) is 4.90. The van der Waals surface area contributed by atoms with E-state index in [0.29, 0.717) is 6.73 Å². The third-order valence-corrected chi connectivity index (χ3v) is 3.41. The van der Waals surface area contributed by atoms with Gasteiger partial charge in [0, 0.05) is 23.8 Å². The molecular formula is C16H23NO2. The number of aliphatic hydroxyl groups is 1. The zero-order chi connectivity index (χ0) is 13.5. The van der Waals surface area contributed by atoms with Gasteiger partial charge in [-0.1, -0.05) is 44.4 Å². The Balaban J connectivity index is 1.93. The fourth-order valence-electron chi connectivity index (χ4n) is 2.35. The molecule has 1 heterocycles. The average molecular weight is 261 g/mol. The fourth-order valence-corrected chi connectivity index (χ4v) is 2.35. The Hall–Kier alpha value is -1.32. The van der Waals surface area contributed by atoms with Crippen molar-refractivity contribution >= 4 is 10.9 Å². The van der Waals surface area contributed by atoms with Crippen molar-refractivity contribution in [3.63, 3.8) is 0 Å². The molecule has 0 spiro atoms. The molecule has 0 fully saturated rings. The molecule has 3 nitrogen and oxygen atoms in total. The molecule has 1 N–H and O–H groups in total. The summed E-state index contributed by atoms with van der Waals surface area (Å²) in [5.74, 6) is 0. The van der Waals surface area contributed by atoms with Gasteiger partial charge in [-0.25, -0.2) is 0 Å². The van der Waals surface area contributed by atoms with Crippen LogP contribution < -0.4 is 0 Å². The minimum Gasteiger partial charge on any atom is -0.392 e. The molecule has 0 atom stereocenters. The molecule has 0 aliphatic heterocycles. The predicted octanol–water partition coefficient (Wildman–Crippen LogP) is 3.69. The van der Waals surface area contributed by atoms with Crippen molar-refractivity contribution in [2.75, 3.05) is 6.61 Å². The molecule has 0 saturated carbocycles. The van der Waals surface area contributed by atoms with E-state index in [1.807, 2.05) is 24.4 Å². The van der Waals surface area contributed by atoms with E-state index in [-0.39, 0.29) is 6.61 Å². The first-order chi connectivity index (χ1) is 9.36. The number of unbranched alkanes of at least 4 members (excludes halogenated alkanes) is 3. The monoisotopic (exact) mass is 261 g/mol. The third kappa shape index (κ3) is 3.58. The minimum absolute atomic E-state index is 0.0734. The van der Waals surface area contributed by atoms with Gasteiger partial charge in [-0.2, -0.15) is 0 Å². The van der Waals surface area contributed by atoms with Gasteiger partial charge in [0.2, 0.25) is 0 Å². The van der Waals surface area contributed by atoms with Gasteiger partial charge >= 0.3 is 0 Å². The molecule has 0 unspecified atom stereocenters. The van der Waals surface area contributed by atoms with Crippen LogP contribution in [0.3, 0.4) is 0 Å². The zero-order valence-electron chi connectivity index (χ0n) is 11.6. The second kappa shape index (κ2) is 7.31. The molecule has 1 aromatic heterocycles. The van der Waals surface area contributed by atoms with Gasteiger partial charge in [0.1, 0.15) is 6.73 Å². The van der Waals surface area contributed by atoms with E-state index < -0.39 is 0 Å². The fraction of sp³-hybridized carbons (Fsp3) is 0.500. The first-order valence-electron chi connectivity index (χ1n) is 7.12. The number of para-hydroxylation sites is 1. The third-order valence-electron chi connectivity index (χ3n) is 3.41. The van der Waals surface area contributed by atoms with Crippen molar-refractivity contribution in [1.29, 1.82) is 0 Å². The Morgan fingerprint density at radius 1 is 1.16 bits per heavy atom. The summed E-state index contributed by atoms with van der Waals surface area (Å²) in [6.07, 6.45) is 6.88. The van der Waals surface area contributed by atoms with E-state index in [1.54, 1.807) is 0 Å². The molecule has 2 aromatic rings. The number of rotatable bonds is 8. The lowest BCUT2D eigenvalue weighted by atomic mass is 10.2. The van der Waals surface area contributed by atoms with Gasteiger partial charge in [0.15, 0.2) is 0 Å². The molecule has 0 bridgehead atoms. The van der Waals surface area contributed by atoms with Crippen LogP contribution in [0.5, 0.6) is 0 Å². The maximum atomic E-state index is 9.36. The number of hydrogen-bond donors (Lipinski definition) is 1. The van der Waals surface area contributed by atoms with E-state index in [0.717, 1.165) is 29.5 Å². The number of benzene rings is 1. The molecule has 1 aromatic carbocycles. The van der Waals surface area contributed by atoms with Gasteiger partial charge in [-0.15, -0.1) is 0 Å². The summed E-state index contributed by atoms with van der Waals surface area (Å²) in [4.78, 5) is 0. The molecule has 104 valence electrons. The van der Waals surface area contributed by atoms with Crippen molar-refractivity contribution in [1.82, 2.24) is 4.57 Å². The van der Waals surface area contributed by atoms with Gasteiger partial charge in [-0.05, 0) is 12.5 Å². The lowest BCUT2D eigenvalue weighted by Gasteiger charge is -2.06. The molecule has 0 radical (unpaired) electrons. The van der Waals surface area contributed by atoms with E-state index in [4.69, 9.17) is 4.74 Å². The Kier molecular flexibility index (Phi) is 5.43. The zero-order valence-corrected chi connectivity index (χ0v) is 11.6. The smallest absolute Gasteiger partial charge is 0.122 e. The summed E-state index contributed by atoms with van der Waals surface area (Å²) in [5.41, 5.74) is 2.09. The Labute approximate surface area is 114 Å². The number of aliphatic hydroxyl groups excluding tert-OH is 1. The number of ether oxygens (including phenoxy) is 1. The van der Waals surface area contributed by atoms with Crippen molar-refractivity contribution < 1.29 is 9.84 Å². The molecular weight excluding hydrogens is 238 g/mol. The van der Waals surface area contributed by atoms with Crippen LogP contribution in [0.15, 0.2) is 30.5 Å². The maximum Gasteiger partial charge on any atom is 0.122 e. The highest BCUT2D eigenvalue weighted by atomic mass is 16.5. The van der Waals surface area contributed by atoms with E-state index >= 15 is 0 Å². The summed E-state index contributed by atoms with van der Waals surface area (Å²) < 4.78 is 7.78. The Morgan fingerprint density at radius 3 is 2.79 bits per heavy atom. The van der Waals surface area contributed by atoms with Gasteiger partial charge in [0.05, 0.1) is 12.1 Å². The van der Waals surface area contributed by atoms with Gasteiger partial charge in [-0.3, -0.25) is 0 Å². The summed E-state index contributed by atoms with van der Waals surface area (Å²) in [5, 5.41) is 10.5. The lowest BCUT2D eigenvalue weighted by Crippen LogP contribution is -2.02. The highest BCUT2D eigenvalue weighted by molar-refractivity contribution is 5.83. The van der Waals surface area contributed by atoms with Crippen LogP contribution in [0, 0.1) is 0 Å². The van der Waals surface area contributed by atoms with Crippen molar-refractivity contribution in [2.45, 2.75) is 45.9 Å². The van der Waals surface area contributed by atoms with Crippen LogP contribution in [0.2, 0.25) is 0 Å². The number of fused-ring (bicyclic) bond motifs is 1. The van der Waals surface area contributed by atoms with Gasteiger partial charge < -0.3 is 14.4 Å². The molecule has 2 rings (SSSR count). The molecule has 0 amide bonds. The van der Waals surface area contributed by atoms with Crippen LogP contribution in [-0.4, -0.2) is 16.3 Å². The van der Waals surface area contributed by atoms with Crippen LogP contribution in [0.25, 0.3) is 10.9 Å². The van der Waals surface area contributed by atoms with Crippen LogP contribution in [0.4, 0.5) is 0 Å². The predicted molar refractivity (Wildman–Crippen MR) is 78.0 cm³/mol. The van der Waals surface area contributed by atoms with Crippen LogP contribution in [-0.2, 0) is 18.1 Å². The van der Waals surface area contributed by atoms with E-state index in [9.17, 15) is 5.11 Å². The van der Waals surface area contributed by atoms with Gasteiger partial charge in [0.25, 0.3) is 0 Å². The number of hydrogen-bond acceptors (Lipinski definition) is 2. The first kappa shape index (κ1) is 14.1. The summed E-state index contributed by atoms with van der Waals surface area (Å²) in [6.45, 7) is 3.65. The summed E-state index contributed by atoms with van der Waals surface area (Å²) in [7, 11) is 0. The lowest BCUT2D eigenvalue weighted by molar-refractivity contribution is 0.0765. The normalized spacial score (nSPS) is 11.3. The van der Waals surface area contributed by atoms with Crippen molar-refractivity contribution in [2.24, 2.45) is 0 Å². The highest BCUT2D eigenvalue weighted by Gasteiger charge is 2.06. The largest absolute Gasteiger partial charge is 0.392 e. The first-order valence-corrected chi connectivity index (χ1v) is 7.12. The second-order valence-corrected chi connectivity index (χ2v) is 4.90. The molecule has 3 heteroatoms. The Bertz CT molecular complexity index is 504. The Morgan fingerprint density at radius 2 is 2.00 bits per heavy atom. The van der Waals surface area contributed by atoms with Crippen LogP contribution in [0.1, 0.15) is 38.2 Å². The molecule has 0 aliphatic carbocycles. The number of aromatic nitrogens is 1. The standard InChI is InChI=1S/C16H23NO2/c1-2-3-4-7-10-19-13-17-11-14(12-18)15-8-5-6-9-16(15)17/h5-6,8-9,11,18H,2-4,7,10,12-13H2,1H3. The van der Waals surface area contributed by atoms with Crippen molar-refractivity contribution in [3.05, 3.63) is 36.0 Å². The average Bonchev–Trinajstić information content (AvgIpc) is 2.81. The SMILES string of the molecule is CCCCCCOCn1cc(CO)c2ccccc21. The quantitative estimate of drug-likeness (QED) is 0.735. The van der Waals surface area contributed by atoms with E-state index in [2.05, 4.69) is 17.6 Å². The summed E-state index contributed by atoms with van der Waals surface area (Å²) >= 11 is 0. The highest BCUT2D eigenvalue weighted by Crippen LogP contribution is 2.21. The summed E-state index contributed by atoms with van der Waals surface area (Å²) in [6, 6.07) is 8.12.